The van der Waals surface area contributed by atoms with Crippen LogP contribution in [0.5, 0.6) is 0 Å². The molecule has 0 rings (SSSR count). The summed E-state index contributed by atoms with van der Waals surface area (Å²) < 4.78 is 9.84. The molecular formula is C11H18O4. The third kappa shape index (κ3) is 7.61. The summed E-state index contributed by atoms with van der Waals surface area (Å²) in [5, 5.41) is 9.01. The lowest BCUT2D eigenvalue weighted by molar-refractivity contribution is -0.139. The molecule has 0 bridgehead atoms. The molecule has 1 N–H and O–H groups in total. The van der Waals surface area contributed by atoms with Gasteiger partial charge in [-0.3, -0.25) is 0 Å². The highest BCUT2D eigenvalue weighted by atomic mass is 16.5. The van der Waals surface area contributed by atoms with Gasteiger partial charge in [0.15, 0.2) is 0 Å². The van der Waals surface area contributed by atoms with Crippen molar-refractivity contribution in [1.29, 1.82) is 0 Å². The number of hydrogen-bond donors (Lipinski definition) is 1. The smallest absolute Gasteiger partial charge is 0.333 e. The molecule has 0 spiro atoms. The minimum Gasteiger partial charge on any atom is -0.509 e. The quantitative estimate of drug-likeness (QED) is 0.306. The second-order valence-corrected chi connectivity index (χ2v) is 3.10. The van der Waals surface area contributed by atoms with E-state index in [2.05, 4.69) is 6.58 Å². The number of esters is 1. The van der Waals surface area contributed by atoms with Gasteiger partial charge in [-0.15, -0.1) is 0 Å². The Balaban J connectivity index is 3.40. The molecule has 0 unspecified atom stereocenters. The molecule has 0 aliphatic rings. The van der Waals surface area contributed by atoms with Crippen molar-refractivity contribution in [2.75, 3.05) is 13.2 Å². The van der Waals surface area contributed by atoms with Gasteiger partial charge in [0, 0.05) is 18.4 Å². The van der Waals surface area contributed by atoms with Gasteiger partial charge in [0.25, 0.3) is 0 Å². The van der Waals surface area contributed by atoms with Crippen LogP contribution in [0.4, 0.5) is 0 Å². The minimum atomic E-state index is -0.387. The molecule has 0 aliphatic heterocycles. The van der Waals surface area contributed by atoms with Crippen molar-refractivity contribution in [3.63, 3.8) is 0 Å². The number of aliphatic hydroxyl groups excluding tert-OH is 1. The molecule has 0 saturated carbocycles. The highest BCUT2D eigenvalue weighted by molar-refractivity contribution is 5.86. The Morgan fingerprint density at radius 3 is 2.67 bits per heavy atom. The highest BCUT2D eigenvalue weighted by Gasteiger charge is 2.01. The van der Waals surface area contributed by atoms with Crippen molar-refractivity contribution >= 4 is 5.97 Å². The monoisotopic (exact) mass is 214 g/mol. The Kier molecular flexibility index (Phi) is 7.14. The number of carbonyl (C=O) groups excluding carboxylic acids is 1. The average Bonchev–Trinajstić information content (AvgIpc) is 2.22. The van der Waals surface area contributed by atoms with Gasteiger partial charge in [0.2, 0.25) is 0 Å². The van der Waals surface area contributed by atoms with E-state index in [0.29, 0.717) is 31.6 Å². The van der Waals surface area contributed by atoms with Crippen LogP contribution in [0, 0.1) is 0 Å². The van der Waals surface area contributed by atoms with Crippen molar-refractivity contribution in [1.82, 2.24) is 0 Å². The van der Waals surface area contributed by atoms with Crippen molar-refractivity contribution in [2.45, 2.75) is 26.7 Å². The van der Waals surface area contributed by atoms with E-state index in [9.17, 15) is 4.79 Å². The topological polar surface area (TPSA) is 55.8 Å². The van der Waals surface area contributed by atoms with Gasteiger partial charge < -0.3 is 14.6 Å². The molecule has 0 aromatic heterocycles. The van der Waals surface area contributed by atoms with Crippen LogP contribution in [0.25, 0.3) is 0 Å². The first-order chi connectivity index (χ1) is 7.07. The lowest BCUT2D eigenvalue weighted by atomic mass is 10.4. The van der Waals surface area contributed by atoms with Crippen LogP contribution in [-0.2, 0) is 14.3 Å². The third-order valence-electron chi connectivity index (χ3n) is 1.57. The van der Waals surface area contributed by atoms with E-state index < -0.39 is 0 Å². The molecule has 86 valence electrons. The zero-order valence-electron chi connectivity index (χ0n) is 9.28. The van der Waals surface area contributed by atoms with E-state index in [1.807, 2.05) is 6.92 Å². The van der Waals surface area contributed by atoms with Gasteiger partial charge >= 0.3 is 5.97 Å². The van der Waals surface area contributed by atoms with Crippen molar-refractivity contribution in [3.8, 4) is 0 Å². The molecule has 15 heavy (non-hydrogen) atoms. The summed E-state index contributed by atoms with van der Waals surface area (Å²) >= 11 is 0. The first kappa shape index (κ1) is 13.5. The zero-order valence-corrected chi connectivity index (χ0v) is 9.28. The van der Waals surface area contributed by atoms with Crippen LogP contribution in [0.15, 0.2) is 24.2 Å². The maximum Gasteiger partial charge on any atom is 0.333 e. The van der Waals surface area contributed by atoms with E-state index in [0.717, 1.165) is 0 Å². The molecule has 0 atom stereocenters. The number of ether oxygens (including phenoxy) is 2. The second kappa shape index (κ2) is 7.91. The van der Waals surface area contributed by atoms with Crippen LogP contribution in [0.3, 0.4) is 0 Å². The largest absolute Gasteiger partial charge is 0.509 e. The van der Waals surface area contributed by atoms with E-state index in [-0.39, 0.29) is 11.7 Å². The molecule has 0 aliphatic carbocycles. The van der Waals surface area contributed by atoms with Gasteiger partial charge in [0.05, 0.1) is 13.2 Å². The fraction of sp³-hybridized carbons (Fsp3) is 0.545. The molecular weight excluding hydrogens is 196 g/mol. The van der Waals surface area contributed by atoms with Crippen molar-refractivity contribution in [3.05, 3.63) is 24.2 Å². The van der Waals surface area contributed by atoms with E-state index in [1.54, 1.807) is 6.92 Å². The lowest BCUT2D eigenvalue weighted by Gasteiger charge is -2.04. The standard InChI is InChI=1S/C11H18O4/c1-4-10(12)8-14-6-5-7-15-11(13)9(2)3/h8,12H,2,4-7H2,1,3H3. The average molecular weight is 214 g/mol. The maximum absolute atomic E-state index is 10.9. The number of hydrogen-bond acceptors (Lipinski definition) is 4. The predicted octanol–water partition coefficient (Wildman–Crippen LogP) is 2.32. The third-order valence-corrected chi connectivity index (χ3v) is 1.57. The summed E-state index contributed by atoms with van der Waals surface area (Å²) in [5.74, 6) is -0.184. The number of carbonyl (C=O) groups is 1. The van der Waals surface area contributed by atoms with E-state index >= 15 is 0 Å². The first-order valence-corrected chi connectivity index (χ1v) is 4.90. The number of aliphatic hydroxyl groups is 1. The second-order valence-electron chi connectivity index (χ2n) is 3.10. The molecule has 0 aromatic carbocycles. The Labute approximate surface area is 90.2 Å². The first-order valence-electron chi connectivity index (χ1n) is 4.90. The molecule has 4 heteroatoms. The van der Waals surface area contributed by atoms with E-state index in [1.165, 1.54) is 6.26 Å². The van der Waals surface area contributed by atoms with Gasteiger partial charge in [0.1, 0.15) is 12.0 Å². The van der Waals surface area contributed by atoms with E-state index in [4.69, 9.17) is 14.6 Å². The summed E-state index contributed by atoms with van der Waals surface area (Å²) in [6, 6.07) is 0. The highest BCUT2D eigenvalue weighted by Crippen LogP contribution is 1.96. The molecule has 4 nitrogen and oxygen atoms in total. The summed E-state index contributed by atoms with van der Waals surface area (Å²) in [6.45, 7) is 7.59. The molecule has 0 amide bonds. The van der Waals surface area contributed by atoms with Crippen LogP contribution in [-0.4, -0.2) is 24.3 Å². The Morgan fingerprint density at radius 2 is 2.13 bits per heavy atom. The number of allylic oxidation sites excluding steroid dienone is 1. The molecule has 0 saturated heterocycles. The Morgan fingerprint density at radius 1 is 1.47 bits per heavy atom. The summed E-state index contributed by atoms with van der Waals surface area (Å²) in [5.41, 5.74) is 0.388. The van der Waals surface area contributed by atoms with Gasteiger partial charge in [-0.1, -0.05) is 13.5 Å². The summed E-state index contributed by atoms with van der Waals surface area (Å²) in [7, 11) is 0. The fourth-order valence-electron chi connectivity index (χ4n) is 0.669. The summed E-state index contributed by atoms with van der Waals surface area (Å²) in [6.07, 6.45) is 2.44. The predicted molar refractivity (Wildman–Crippen MR) is 57.3 cm³/mol. The van der Waals surface area contributed by atoms with Gasteiger partial charge in [-0.2, -0.15) is 0 Å². The number of rotatable bonds is 7. The summed E-state index contributed by atoms with van der Waals surface area (Å²) in [4.78, 5) is 10.9. The normalized spacial score (nSPS) is 10.9. The Bertz CT molecular complexity index is 243. The van der Waals surface area contributed by atoms with Crippen LogP contribution in [0.1, 0.15) is 26.7 Å². The SMILES string of the molecule is C=C(C)C(=O)OCCCOC=C(O)CC. The molecule has 0 fully saturated rings. The van der Waals surface area contributed by atoms with Crippen molar-refractivity contribution < 1.29 is 19.4 Å². The lowest BCUT2D eigenvalue weighted by Crippen LogP contribution is -2.07. The molecule has 0 aromatic rings. The zero-order chi connectivity index (χ0) is 11.7. The van der Waals surface area contributed by atoms with Crippen LogP contribution in [0.2, 0.25) is 0 Å². The molecule has 0 radical (unpaired) electrons. The van der Waals surface area contributed by atoms with Gasteiger partial charge in [-0.05, 0) is 6.92 Å². The van der Waals surface area contributed by atoms with Crippen molar-refractivity contribution in [2.24, 2.45) is 0 Å². The minimum absolute atomic E-state index is 0.203. The van der Waals surface area contributed by atoms with Gasteiger partial charge in [-0.25, -0.2) is 4.79 Å². The fourth-order valence-corrected chi connectivity index (χ4v) is 0.669. The Hall–Kier alpha value is -1.45. The van der Waals surface area contributed by atoms with Crippen LogP contribution < -0.4 is 0 Å². The van der Waals surface area contributed by atoms with Crippen LogP contribution >= 0.6 is 0 Å². The molecule has 0 heterocycles. The maximum atomic E-state index is 10.9.